The van der Waals surface area contributed by atoms with Gasteiger partial charge in [-0.2, -0.15) is 0 Å². The van der Waals surface area contributed by atoms with Crippen molar-refractivity contribution in [1.29, 1.82) is 0 Å². The van der Waals surface area contributed by atoms with Crippen LogP contribution in [0.25, 0.3) is 0 Å². The van der Waals surface area contributed by atoms with Gasteiger partial charge in [0.1, 0.15) is 18.2 Å². The highest BCUT2D eigenvalue weighted by Gasteiger charge is 2.00. The van der Waals surface area contributed by atoms with Gasteiger partial charge in [-0.15, -0.1) is 0 Å². The number of benzene rings is 2. The monoisotopic (exact) mass is 271 g/mol. The van der Waals surface area contributed by atoms with E-state index >= 15 is 0 Å². The lowest BCUT2D eigenvalue weighted by Crippen LogP contribution is -2.00. The molecule has 2 aromatic rings. The third-order valence-electron chi connectivity index (χ3n) is 2.96. The fraction of sp³-hybridized carbons (Fsp3) is 0.176. The van der Waals surface area contributed by atoms with Gasteiger partial charge in [0, 0.05) is 12.2 Å². The Morgan fingerprint density at radius 1 is 1.20 bits per heavy atom. The molecule has 0 aromatic heterocycles. The van der Waals surface area contributed by atoms with E-state index < -0.39 is 0 Å². The Bertz CT molecular complexity index is 578. The van der Waals surface area contributed by atoms with Crippen molar-refractivity contribution in [3.05, 3.63) is 72.1 Å². The van der Waals surface area contributed by atoms with Crippen LogP contribution in [0.2, 0.25) is 0 Å². The molecule has 20 heavy (non-hydrogen) atoms. The second-order valence-corrected chi connectivity index (χ2v) is 4.56. The lowest BCUT2D eigenvalue weighted by atomic mass is 10.2. The van der Waals surface area contributed by atoms with Crippen LogP contribution in [-0.4, -0.2) is 6.61 Å². The van der Waals surface area contributed by atoms with Gasteiger partial charge >= 0.3 is 0 Å². The van der Waals surface area contributed by atoms with E-state index in [2.05, 4.69) is 11.9 Å². The zero-order valence-electron chi connectivity index (χ0n) is 11.5. The van der Waals surface area contributed by atoms with Crippen molar-refractivity contribution in [2.75, 3.05) is 11.9 Å². The zero-order chi connectivity index (χ0) is 14.4. The number of hydrogen-bond acceptors (Lipinski definition) is 2. The summed E-state index contributed by atoms with van der Waals surface area (Å²) in [7, 11) is 0. The van der Waals surface area contributed by atoms with Gasteiger partial charge in [0.05, 0.1) is 0 Å². The number of nitrogens with one attached hydrogen (secondary N) is 1. The normalized spacial score (nSPS) is 10.1. The van der Waals surface area contributed by atoms with Crippen LogP contribution in [-0.2, 0) is 6.54 Å². The third kappa shape index (κ3) is 3.85. The summed E-state index contributed by atoms with van der Waals surface area (Å²) in [5.74, 6) is 0.623. The van der Waals surface area contributed by atoms with E-state index in [1.807, 2.05) is 30.3 Å². The summed E-state index contributed by atoms with van der Waals surface area (Å²) in [6, 6.07) is 12.9. The first-order chi connectivity index (χ1) is 9.69. The van der Waals surface area contributed by atoms with Gasteiger partial charge in [0.2, 0.25) is 0 Å². The summed E-state index contributed by atoms with van der Waals surface area (Å²) >= 11 is 0. The quantitative estimate of drug-likeness (QED) is 0.790. The molecule has 3 heteroatoms. The highest BCUT2D eigenvalue weighted by Crippen LogP contribution is 2.16. The van der Waals surface area contributed by atoms with E-state index in [-0.39, 0.29) is 5.82 Å². The first-order valence-electron chi connectivity index (χ1n) is 6.51. The maximum atomic E-state index is 13.4. The van der Waals surface area contributed by atoms with E-state index in [0.717, 1.165) is 17.0 Å². The molecule has 0 heterocycles. The highest BCUT2D eigenvalue weighted by atomic mass is 19.1. The second-order valence-electron chi connectivity index (χ2n) is 4.56. The van der Waals surface area contributed by atoms with Crippen LogP contribution in [0.3, 0.4) is 0 Å². The van der Waals surface area contributed by atoms with Gasteiger partial charge in [0.25, 0.3) is 0 Å². The minimum Gasteiger partial charge on any atom is -0.490 e. The largest absolute Gasteiger partial charge is 0.490 e. The van der Waals surface area contributed by atoms with Crippen LogP contribution in [0, 0.1) is 12.7 Å². The molecule has 1 N–H and O–H groups in total. The van der Waals surface area contributed by atoms with Crippen LogP contribution in [0.15, 0.2) is 55.1 Å². The molecular weight excluding hydrogens is 253 g/mol. The second kappa shape index (κ2) is 6.75. The molecule has 0 fully saturated rings. The van der Waals surface area contributed by atoms with E-state index in [1.165, 1.54) is 6.07 Å². The highest BCUT2D eigenvalue weighted by molar-refractivity contribution is 5.45. The summed E-state index contributed by atoms with van der Waals surface area (Å²) < 4.78 is 18.8. The fourth-order valence-corrected chi connectivity index (χ4v) is 1.77. The smallest absolute Gasteiger partial charge is 0.128 e. The minimum atomic E-state index is -0.192. The van der Waals surface area contributed by atoms with Crippen molar-refractivity contribution in [1.82, 2.24) is 0 Å². The number of anilines is 1. The van der Waals surface area contributed by atoms with Gasteiger partial charge in [-0.1, -0.05) is 30.9 Å². The van der Waals surface area contributed by atoms with Crippen LogP contribution in [0.4, 0.5) is 10.1 Å². The molecule has 0 aliphatic heterocycles. The molecule has 0 spiro atoms. The van der Waals surface area contributed by atoms with Crippen LogP contribution in [0.1, 0.15) is 11.1 Å². The first kappa shape index (κ1) is 14.1. The summed E-state index contributed by atoms with van der Waals surface area (Å²) in [6.45, 7) is 6.50. The molecule has 2 nitrogen and oxygen atoms in total. The van der Waals surface area contributed by atoms with Crippen LogP contribution in [0.5, 0.6) is 5.75 Å². The SMILES string of the molecule is C=CCOc1ccc(CNc2ccc(C)c(F)c2)cc1. The molecule has 0 aliphatic rings. The Labute approximate surface area is 118 Å². The van der Waals surface area contributed by atoms with Crippen LogP contribution < -0.4 is 10.1 Å². The number of aryl methyl sites for hydroxylation is 1. The zero-order valence-corrected chi connectivity index (χ0v) is 11.5. The maximum absolute atomic E-state index is 13.4. The Kier molecular flexibility index (Phi) is 4.77. The van der Waals surface area contributed by atoms with Crippen molar-refractivity contribution < 1.29 is 9.13 Å². The summed E-state index contributed by atoms with van der Waals surface area (Å²) in [4.78, 5) is 0. The van der Waals surface area contributed by atoms with Crippen molar-refractivity contribution in [3.63, 3.8) is 0 Å². The molecule has 0 unspecified atom stereocenters. The van der Waals surface area contributed by atoms with Crippen molar-refractivity contribution >= 4 is 5.69 Å². The Morgan fingerprint density at radius 2 is 1.95 bits per heavy atom. The van der Waals surface area contributed by atoms with Gasteiger partial charge in [-0.3, -0.25) is 0 Å². The van der Waals surface area contributed by atoms with Gasteiger partial charge in [0.15, 0.2) is 0 Å². The Balaban J connectivity index is 1.93. The molecule has 0 radical (unpaired) electrons. The van der Waals surface area contributed by atoms with Crippen LogP contribution >= 0.6 is 0 Å². The van der Waals surface area contributed by atoms with Gasteiger partial charge in [-0.25, -0.2) is 4.39 Å². The van der Waals surface area contributed by atoms with E-state index in [4.69, 9.17) is 4.74 Å². The Hall–Kier alpha value is -2.29. The van der Waals surface area contributed by atoms with Gasteiger partial charge < -0.3 is 10.1 Å². The average Bonchev–Trinajstić information content (AvgIpc) is 2.47. The Morgan fingerprint density at radius 3 is 2.60 bits per heavy atom. The molecule has 2 rings (SSSR count). The molecule has 0 amide bonds. The third-order valence-corrected chi connectivity index (χ3v) is 2.96. The standard InChI is InChI=1S/C17H18FNO/c1-3-10-20-16-8-5-14(6-9-16)12-19-15-7-4-13(2)17(18)11-15/h3-9,11,19H,1,10,12H2,2H3. The lowest BCUT2D eigenvalue weighted by molar-refractivity contribution is 0.363. The summed E-state index contributed by atoms with van der Waals surface area (Å²) in [6.07, 6.45) is 1.71. The molecule has 0 atom stereocenters. The van der Waals surface area contributed by atoms with Gasteiger partial charge in [-0.05, 0) is 42.3 Å². The van der Waals surface area contributed by atoms with Crippen molar-refractivity contribution in [2.45, 2.75) is 13.5 Å². The summed E-state index contributed by atoms with van der Waals surface area (Å²) in [5, 5.41) is 3.19. The molecular formula is C17H18FNO. The van der Waals surface area contributed by atoms with E-state index in [0.29, 0.717) is 18.7 Å². The number of halogens is 1. The fourth-order valence-electron chi connectivity index (χ4n) is 1.77. The topological polar surface area (TPSA) is 21.3 Å². The lowest BCUT2D eigenvalue weighted by Gasteiger charge is -2.09. The molecule has 0 saturated carbocycles. The predicted octanol–water partition coefficient (Wildman–Crippen LogP) is 4.31. The maximum Gasteiger partial charge on any atom is 0.128 e. The minimum absolute atomic E-state index is 0.192. The number of hydrogen-bond donors (Lipinski definition) is 1. The molecule has 0 aliphatic carbocycles. The van der Waals surface area contributed by atoms with Crippen molar-refractivity contribution in [2.24, 2.45) is 0 Å². The van der Waals surface area contributed by atoms with Crippen molar-refractivity contribution in [3.8, 4) is 5.75 Å². The molecule has 0 bridgehead atoms. The number of ether oxygens (including phenoxy) is 1. The number of rotatable bonds is 6. The first-order valence-corrected chi connectivity index (χ1v) is 6.51. The molecule has 2 aromatic carbocycles. The molecule has 0 saturated heterocycles. The molecule has 104 valence electrons. The van der Waals surface area contributed by atoms with E-state index in [9.17, 15) is 4.39 Å². The summed E-state index contributed by atoms with van der Waals surface area (Å²) in [5.41, 5.74) is 2.54. The average molecular weight is 271 g/mol. The predicted molar refractivity (Wildman–Crippen MR) is 80.6 cm³/mol. The van der Waals surface area contributed by atoms with E-state index in [1.54, 1.807) is 19.1 Å².